The van der Waals surface area contributed by atoms with Gasteiger partial charge < -0.3 is 4.74 Å². The molecule has 0 N–H and O–H groups in total. The van der Waals surface area contributed by atoms with Gasteiger partial charge >= 0.3 is 5.97 Å². The van der Waals surface area contributed by atoms with Crippen LogP contribution in [0.1, 0.15) is 20.8 Å². The Morgan fingerprint density at radius 3 is 2.45 bits per heavy atom. The van der Waals surface area contributed by atoms with E-state index < -0.39 is 11.9 Å². The van der Waals surface area contributed by atoms with Crippen molar-refractivity contribution >= 4 is 5.97 Å². The first-order valence-corrected chi connectivity index (χ1v) is 3.64. The van der Waals surface area contributed by atoms with Crippen LogP contribution in [0.2, 0.25) is 0 Å². The molecule has 0 aromatic heterocycles. The SMILES string of the molecule is CC(C)COC(=O)C(C)C#N. The molecule has 62 valence electrons. The van der Waals surface area contributed by atoms with Gasteiger partial charge in [-0.15, -0.1) is 0 Å². The molecule has 0 spiro atoms. The number of esters is 1. The molecule has 1 atom stereocenters. The van der Waals surface area contributed by atoms with Crippen molar-refractivity contribution in [1.29, 1.82) is 5.26 Å². The fraction of sp³-hybridized carbons (Fsp3) is 0.750. The van der Waals surface area contributed by atoms with Gasteiger partial charge in [0.25, 0.3) is 0 Å². The Balaban J connectivity index is 3.63. The van der Waals surface area contributed by atoms with Crippen molar-refractivity contribution < 1.29 is 9.53 Å². The Hall–Kier alpha value is -1.04. The van der Waals surface area contributed by atoms with E-state index in [4.69, 9.17) is 10.00 Å². The van der Waals surface area contributed by atoms with Crippen molar-refractivity contribution in [2.45, 2.75) is 20.8 Å². The Morgan fingerprint density at radius 2 is 2.09 bits per heavy atom. The monoisotopic (exact) mass is 155 g/mol. The zero-order valence-corrected chi connectivity index (χ0v) is 7.13. The van der Waals surface area contributed by atoms with Crippen LogP contribution < -0.4 is 0 Å². The third kappa shape index (κ3) is 4.38. The number of carbonyl (C=O) groups is 1. The number of carbonyl (C=O) groups excluding carboxylic acids is 1. The molecule has 11 heavy (non-hydrogen) atoms. The van der Waals surface area contributed by atoms with Crippen LogP contribution >= 0.6 is 0 Å². The molecule has 0 fully saturated rings. The van der Waals surface area contributed by atoms with E-state index in [1.54, 1.807) is 0 Å². The fourth-order valence-corrected chi connectivity index (χ4v) is 0.427. The summed E-state index contributed by atoms with van der Waals surface area (Å²) in [6.45, 7) is 5.82. The van der Waals surface area contributed by atoms with Gasteiger partial charge in [-0.2, -0.15) is 5.26 Å². The topological polar surface area (TPSA) is 50.1 Å². The molecule has 0 bridgehead atoms. The number of hydrogen-bond donors (Lipinski definition) is 0. The van der Waals surface area contributed by atoms with Gasteiger partial charge in [0.15, 0.2) is 0 Å². The summed E-state index contributed by atoms with van der Waals surface area (Å²) in [6.07, 6.45) is 0. The molecule has 0 rings (SSSR count). The molecule has 0 radical (unpaired) electrons. The van der Waals surface area contributed by atoms with Crippen molar-refractivity contribution in [3.05, 3.63) is 0 Å². The molecule has 3 nitrogen and oxygen atoms in total. The Bertz CT molecular complexity index is 169. The average Bonchev–Trinajstić information content (AvgIpc) is 1.98. The highest BCUT2D eigenvalue weighted by atomic mass is 16.5. The predicted octanol–water partition coefficient (Wildman–Crippen LogP) is 1.35. The second kappa shape index (κ2) is 4.73. The first-order chi connectivity index (χ1) is 5.07. The van der Waals surface area contributed by atoms with Crippen molar-refractivity contribution in [3.8, 4) is 6.07 Å². The molecule has 0 saturated heterocycles. The van der Waals surface area contributed by atoms with Crippen molar-refractivity contribution in [1.82, 2.24) is 0 Å². The maximum Gasteiger partial charge on any atom is 0.323 e. The minimum absolute atomic E-state index is 0.324. The normalized spacial score (nSPS) is 12.3. The number of ether oxygens (including phenoxy) is 1. The molecular formula is C8H13NO2. The quantitative estimate of drug-likeness (QED) is 0.578. The summed E-state index contributed by atoms with van der Waals surface area (Å²) in [7, 11) is 0. The fourth-order valence-electron chi connectivity index (χ4n) is 0.427. The molecule has 0 aliphatic rings. The van der Waals surface area contributed by atoms with Gasteiger partial charge in [0.2, 0.25) is 0 Å². The largest absolute Gasteiger partial charge is 0.464 e. The van der Waals surface area contributed by atoms with E-state index in [0.29, 0.717) is 12.5 Å². The highest BCUT2D eigenvalue weighted by Crippen LogP contribution is 1.99. The predicted molar refractivity (Wildman–Crippen MR) is 40.6 cm³/mol. The summed E-state index contributed by atoms with van der Waals surface area (Å²) in [4.78, 5) is 10.8. The van der Waals surface area contributed by atoms with Crippen LogP contribution in [-0.2, 0) is 9.53 Å². The third-order valence-corrected chi connectivity index (χ3v) is 1.11. The van der Waals surface area contributed by atoms with Gasteiger partial charge in [0.1, 0.15) is 5.92 Å². The smallest absolute Gasteiger partial charge is 0.323 e. The molecule has 0 heterocycles. The van der Waals surface area contributed by atoms with Crippen LogP contribution in [0.25, 0.3) is 0 Å². The van der Waals surface area contributed by atoms with E-state index in [1.165, 1.54) is 6.92 Å². The second-order valence-electron chi connectivity index (χ2n) is 2.87. The van der Waals surface area contributed by atoms with Gasteiger partial charge in [0.05, 0.1) is 12.7 Å². The molecule has 0 aliphatic heterocycles. The van der Waals surface area contributed by atoms with E-state index in [1.807, 2.05) is 19.9 Å². The Labute approximate surface area is 67.0 Å². The molecule has 0 saturated carbocycles. The van der Waals surface area contributed by atoms with Crippen LogP contribution in [0, 0.1) is 23.2 Å². The zero-order valence-electron chi connectivity index (χ0n) is 7.13. The van der Waals surface area contributed by atoms with Gasteiger partial charge in [-0.1, -0.05) is 13.8 Å². The summed E-state index contributed by atoms with van der Waals surface area (Å²) in [6, 6.07) is 1.81. The number of rotatable bonds is 3. The van der Waals surface area contributed by atoms with E-state index in [9.17, 15) is 4.79 Å². The molecule has 0 aromatic carbocycles. The Kier molecular flexibility index (Phi) is 4.28. The lowest BCUT2D eigenvalue weighted by Crippen LogP contribution is -2.15. The van der Waals surface area contributed by atoms with Crippen molar-refractivity contribution in [2.24, 2.45) is 11.8 Å². The first-order valence-electron chi connectivity index (χ1n) is 3.64. The second-order valence-corrected chi connectivity index (χ2v) is 2.87. The lowest BCUT2D eigenvalue weighted by atomic mass is 10.2. The van der Waals surface area contributed by atoms with Gasteiger partial charge in [-0.3, -0.25) is 4.79 Å². The maximum absolute atomic E-state index is 10.8. The maximum atomic E-state index is 10.8. The van der Waals surface area contributed by atoms with Crippen LogP contribution in [-0.4, -0.2) is 12.6 Å². The minimum Gasteiger partial charge on any atom is -0.464 e. The molecule has 0 aromatic rings. The molecule has 0 aliphatic carbocycles. The van der Waals surface area contributed by atoms with E-state index in [2.05, 4.69) is 0 Å². The molecule has 3 heteroatoms. The van der Waals surface area contributed by atoms with Crippen LogP contribution in [0.4, 0.5) is 0 Å². The van der Waals surface area contributed by atoms with Crippen molar-refractivity contribution in [3.63, 3.8) is 0 Å². The number of nitrogens with zero attached hydrogens (tertiary/aromatic N) is 1. The molecule has 0 amide bonds. The zero-order chi connectivity index (χ0) is 8.85. The molecular weight excluding hydrogens is 142 g/mol. The Morgan fingerprint density at radius 1 is 1.55 bits per heavy atom. The van der Waals surface area contributed by atoms with E-state index in [0.717, 1.165) is 0 Å². The molecule has 1 unspecified atom stereocenters. The van der Waals surface area contributed by atoms with Crippen molar-refractivity contribution in [2.75, 3.05) is 6.61 Å². The summed E-state index contributed by atoms with van der Waals surface area (Å²) < 4.78 is 4.79. The number of hydrogen-bond acceptors (Lipinski definition) is 3. The standard InChI is InChI=1S/C8H13NO2/c1-6(2)5-11-8(10)7(3)4-9/h6-7H,5H2,1-3H3. The summed E-state index contributed by atoms with van der Waals surface area (Å²) in [5, 5.41) is 8.32. The summed E-state index contributed by atoms with van der Waals surface area (Å²) in [5.74, 6) is -0.750. The third-order valence-electron chi connectivity index (χ3n) is 1.11. The average molecular weight is 155 g/mol. The van der Waals surface area contributed by atoms with Crippen LogP contribution in [0.5, 0.6) is 0 Å². The number of nitriles is 1. The highest BCUT2D eigenvalue weighted by Gasteiger charge is 2.12. The van der Waals surface area contributed by atoms with Gasteiger partial charge in [-0.05, 0) is 12.8 Å². The van der Waals surface area contributed by atoms with Crippen LogP contribution in [0.15, 0.2) is 0 Å². The minimum atomic E-state index is -0.645. The van der Waals surface area contributed by atoms with Gasteiger partial charge in [0, 0.05) is 0 Å². The van der Waals surface area contributed by atoms with E-state index >= 15 is 0 Å². The summed E-state index contributed by atoms with van der Waals surface area (Å²) in [5.41, 5.74) is 0. The first kappa shape index (κ1) is 9.96. The van der Waals surface area contributed by atoms with E-state index in [-0.39, 0.29) is 0 Å². The highest BCUT2D eigenvalue weighted by molar-refractivity contribution is 5.74. The lowest BCUT2D eigenvalue weighted by molar-refractivity contribution is -0.147. The summed E-state index contributed by atoms with van der Waals surface area (Å²) >= 11 is 0. The van der Waals surface area contributed by atoms with Gasteiger partial charge in [-0.25, -0.2) is 0 Å². The lowest BCUT2D eigenvalue weighted by Gasteiger charge is -2.07. The van der Waals surface area contributed by atoms with Crippen LogP contribution in [0.3, 0.4) is 0 Å².